The predicted molar refractivity (Wildman–Crippen MR) is 230 cm³/mol. The van der Waals surface area contributed by atoms with Crippen molar-refractivity contribution in [1.29, 1.82) is 0 Å². The third-order valence-corrected chi connectivity index (χ3v) is 9.23. The van der Waals surface area contributed by atoms with Gasteiger partial charge in [-0.3, -0.25) is 13.8 Å². The number of unbranched alkanes of at least 4 members (excludes halogenated alkanes) is 8. The summed E-state index contributed by atoms with van der Waals surface area (Å²) in [6, 6.07) is -0.884. The summed E-state index contributed by atoms with van der Waals surface area (Å²) in [7, 11) is 1.51. The van der Waals surface area contributed by atoms with Gasteiger partial charge in [-0.25, -0.2) is 4.57 Å². The lowest BCUT2D eigenvalue weighted by atomic mass is 10.1. The van der Waals surface area contributed by atoms with Crippen LogP contribution >= 0.6 is 7.82 Å². The molecule has 0 aliphatic heterocycles. The molecule has 3 unspecified atom stereocenters. The highest BCUT2D eigenvalue weighted by Crippen LogP contribution is 2.43. The van der Waals surface area contributed by atoms with Gasteiger partial charge in [0.2, 0.25) is 5.91 Å². The van der Waals surface area contributed by atoms with Crippen LogP contribution in [-0.4, -0.2) is 73.4 Å². The summed E-state index contributed by atoms with van der Waals surface area (Å²) in [5.41, 5.74) is 0. The largest absolute Gasteiger partial charge is 0.472 e. The number of aliphatic hydroxyl groups excluding tert-OH is 1. The van der Waals surface area contributed by atoms with E-state index in [-0.39, 0.29) is 19.1 Å². The molecule has 1 amide bonds. The SMILES string of the molecule is CC/C=C\C/C=C\C/C=C\C/C=C\C/C=C\CCCCCCCC(=O)NC(COP(=O)(O)OCC[N+](C)(C)C)C(O)/C=C/CC/C=C/CC/C=C/CCC. The standard InChI is InChI=1S/C45H77N2O6P/c1-6-8-10-12-14-16-18-19-20-21-22-23-24-25-26-27-29-31-33-35-37-39-45(49)46-43(42-53-54(50,51)52-41-40-47(3,4)5)44(48)38-36-34-32-30-28-17-15-13-11-9-7-2/h8,10-11,13-14,16,19-20,22-23,25-26,28,30,36,38,43-44,48H,6-7,9,12,15,17-18,21,24,27,29,31-35,37,39-42H2,1-5H3,(H-,46,49,50,51)/p+1/b10-8-,13-11+,16-14-,20-19-,23-22-,26-25-,30-28+,38-36+. The number of phosphoric ester groups is 1. The number of hydrogen-bond acceptors (Lipinski definition) is 5. The highest BCUT2D eigenvalue weighted by Gasteiger charge is 2.27. The summed E-state index contributed by atoms with van der Waals surface area (Å²) >= 11 is 0. The lowest BCUT2D eigenvalue weighted by molar-refractivity contribution is -0.870. The molecule has 8 nitrogen and oxygen atoms in total. The first-order valence-corrected chi connectivity index (χ1v) is 22.1. The molecule has 3 N–H and O–H groups in total. The number of nitrogens with zero attached hydrogens (tertiary/aromatic N) is 1. The number of carbonyl (C=O) groups excluding carboxylic acids is 1. The molecule has 0 aromatic rings. The third kappa shape index (κ3) is 37.7. The van der Waals surface area contributed by atoms with Gasteiger partial charge in [0.05, 0.1) is 39.9 Å². The maximum absolute atomic E-state index is 12.8. The van der Waals surface area contributed by atoms with Gasteiger partial charge in [0.15, 0.2) is 0 Å². The number of quaternary nitrogens is 1. The van der Waals surface area contributed by atoms with Gasteiger partial charge in [-0.05, 0) is 83.5 Å². The second-order valence-electron chi connectivity index (χ2n) is 14.6. The number of allylic oxidation sites excluding steroid dienone is 15. The molecule has 0 aliphatic carbocycles. The zero-order valence-corrected chi connectivity index (χ0v) is 35.6. The van der Waals surface area contributed by atoms with Crippen molar-refractivity contribution < 1.29 is 32.9 Å². The fourth-order valence-corrected chi connectivity index (χ4v) is 5.72. The Morgan fingerprint density at radius 1 is 0.648 bits per heavy atom. The number of carbonyl (C=O) groups is 1. The van der Waals surface area contributed by atoms with E-state index >= 15 is 0 Å². The minimum atomic E-state index is -4.36. The van der Waals surface area contributed by atoms with E-state index in [0.717, 1.165) is 103 Å². The smallest absolute Gasteiger partial charge is 0.387 e. The van der Waals surface area contributed by atoms with E-state index in [2.05, 4.69) is 104 Å². The number of nitrogens with one attached hydrogen (secondary N) is 1. The Labute approximate surface area is 330 Å². The summed E-state index contributed by atoms with van der Waals surface area (Å²) in [6.45, 7) is 4.53. The Morgan fingerprint density at radius 2 is 1.13 bits per heavy atom. The van der Waals surface area contributed by atoms with Gasteiger partial charge < -0.3 is 19.8 Å². The van der Waals surface area contributed by atoms with Gasteiger partial charge in [0.1, 0.15) is 13.2 Å². The molecular weight excluding hydrogens is 695 g/mol. The average Bonchev–Trinajstić information content (AvgIpc) is 3.12. The van der Waals surface area contributed by atoms with E-state index in [1.54, 1.807) is 6.08 Å². The summed E-state index contributed by atoms with van der Waals surface area (Å²) in [5.74, 6) is -0.218. The van der Waals surface area contributed by atoms with Crippen molar-refractivity contribution in [2.24, 2.45) is 0 Å². The van der Waals surface area contributed by atoms with Crippen LogP contribution in [-0.2, 0) is 18.4 Å². The summed E-state index contributed by atoms with van der Waals surface area (Å²) in [4.78, 5) is 23.0. The van der Waals surface area contributed by atoms with E-state index in [1.165, 1.54) is 6.42 Å². The van der Waals surface area contributed by atoms with E-state index < -0.39 is 20.0 Å². The zero-order chi connectivity index (χ0) is 40.0. The first-order valence-electron chi connectivity index (χ1n) is 20.6. The molecule has 0 spiro atoms. The van der Waals surface area contributed by atoms with Crippen molar-refractivity contribution in [3.63, 3.8) is 0 Å². The molecular formula is C45H78N2O6P+. The van der Waals surface area contributed by atoms with Crippen molar-refractivity contribution in [2.45, 2.75) is 142 Å². The van der Waals surface area contributed by atoms with E-state index in [1.807, 2.05) is 27.2 Å². The molecule has 0 heterocycles. The third-order valence-electron chi connectivity index (χ3n) is 8.25. The second kappa shape index (κ2) is 36.1. The molecule has 0 bridgehead atoms. The Morgan fingerprint density at radius 3 is 1.69 bits per heavy atom. The lowest BCUT2D eigenvalue weighted by Gasteiger charge is -2.25. The van der Waals surface area contributed by atoms with Crippen molar-refractivity contribution in [3.8, 4) is 0 Å². The minimum absolute atomic E-state index is 0.0433. The van der Waals surface area contributed by atoms with Crippen molar-refractivity contribution >= 4 is 13.7 Å². The topological polar surface area (TPSA) is 105 Å². The molecule has 0 radical (unpaired) electrons. The van der Waals surface area contributed by atoms with Gasteiger partial charge in [0.25, 0.3) is 0 Å². The van der Waals surface area contributed by atoms with Crippen molar-refractivity contribution in [2.75, 3.05) is 40.9 Å². The number of hydrogen-bond donors (Lipinski definition) is 3. The molecule has 0 aliphatic rings. The molecule has 0 saturated carbocycles. The molecule has 9 heteroatoms. The summed E-state index contributed by atoms with van der Waals surface area (Å²) < 4.78 is 23.4. The summed E-state index contributed by atoms with van der Waals surface area (Å²) in [5, 5.41) is 13.7. The fraction of sp³-hybridized carbons (Fsp3) is 0.622. The maximum Gasteiger partial charge on any atom is 0.472 e. The molecule has 308 valence electrons. The number of likely N-dealkylation sites (N-methyl/N-ethyl adjacent to an activating group) is 1. The van der Waals surface area contributed by atoms with Crippen molar-refractivity contribution in [1.82, 2.24) is 5.32 Å². The Bertz CT molecular complexity index is 1190. The number of amides is 1. The normalized spacial score (nSPS) is 15.5. The van der Waals surface area contributed by atoms with Crippen LogP contribution in [0, 0.1) is 0 Å². The Hall–Kier alpha value is -2.58. The molecule has 0 rings (SSSR count). The van der Waals surface area contributed by atoms with Gasteiger partial charge in [0, 0.05) is 6.42 Å². The molecule has 0 aromatic carbocycles. The van der Waals surface area contributed by atoms with Crippen LogP contribution in [0.2, 0.25) is 0 Å². The fourth-order valence-electron chi connectivity index (χ4n) is 4.99. The maximum atomic E-state index is 12.8. The van der Waals surface area contributed by atoms with Gasteiger partial charge >= 0.3 is 7.82 Å². The van der Waals surface area contributed by atoms with Gasteiger partial charge in [-0.1, -0.05) is 137 Å². The van der Waals surface area contributed by atoms with Crippen molar-refractivity contribution in [3.05, 3.63) is 97.2 Å². The second-order valence-corrected chi connectivity index (χ2v) is 16.1. The van der Waals surface area contributed by atoms with Crippen LogP contribution in [0.15, 0.2) is 97.2 Å². The van der Waals surface area contributed by atoms with Gasteiger partial charge in [-0.15, -0.1) is 0 Å². The Balaban J connectivity index is 4.51. The number of rotatable bonds is 35. The first kappa shape index (κ1) is 51.4. The molecule has 0 fully saturated rings. The minimum Gasteiger partial charge on any atom is -0.387 e. The number of phosphoric acid groups is 1. The van der Waals surface area contributed by atoms with Crippen LogP contribution in [0.25, 0.3) is 0 Å². The quantitative estimate of drug-likeness (QED) is 0.0256. The average molecular weight is 774 g/mol. The summed E-state index contributed by atoms with van der Waals surface area (Å²) in [6.07, 6.45) is 50.5. The monoisotopic (exact) mass is 774 g/mol. The van der Waals surface area contributed by atoms with Crippen LogP contribution < -0.4 is 5.32 Å². The molecule has 0 aromatic heterocycles. The molecule has 3 atom stereocenters. The van der Waals surface area contributed by atoms with Crippen LogP contribution in [0.4, 0.5) is 0 Å². The van der Waals surface area contributed by atoms with Crippen LogP contribution in [0.5, 0.6) is 0 Å². The Kier molecular flexibility index (Phi) is 34.4. The van der Waals surface area contributed by atoms with Crippen LogP contribution in [0.1, 0.15) is 129 Å². The highest BCUT2D eigenvalue weighted by molar-refractivity contribution is 7.47. The van der Waals surface area contributed by atoms with E-state index in [9.17, 15) is 19.4 Å². The highest BCUT2D eigenvalue weighted by atomic mass is 31.2. The van der Waals surface area contributed by atoms with E-state index in [4.69, 9.17) is 9.05 Å². The zero-order valence-electron chi connectivity index (χ0n) is 34.7. The lowest BCUT2D eigenvalue weighted by Crippen LogP contribution is -2.45. The predicted octanol–water partition coefficient (Wildman–Crippen LogP) is 11.2. The number of aliphatic hydroxyl groups is 1. The van der Waals surface area contributed by atoms with Gasteiger partial charge in [-0.2, -0.15) is 0 Å². The van der Waals surface area contributed by atoms with E-state index in [0.29, 0.717) is 17.4 Å². The first-order chi connectivity index (χ1) is 26.0. The molecule has 0 saturated heterocycles. The van der Waals surface area contributed by atoms with Crippen LogP contribution in [0.3, 0.4) is 0 Å². The molecule has 54 heavy (non-hydrogen) atoms.